The van der Waals surface area contributed by atoms with Gasteiger partial charge in [-0.15, -0.1) is 0 Å². The highest BCUT2D eigenvalue weighted by Gasteiger charge is 2.30. The fourth-order valence-electron chi connectivity index (χ4n) is 4.91. The van der Waals surface area contributed by atoms with Crippen molar-refractivity contribution in [1.82, 2.24) is 29.7 Å². The van der Waals surface area contributed by atoms with Crippen LogP contribution in [0.4, 0.5) is 4.79 Å². The van der Waals surface area contributed by atoms with Crippen LogP contribution in [-0.2, 0) is 6.42 Å². The van der Waals surface area contributed by atoms with Crippen molar-refractivity contribution in [1.29, 1.82) is 0 Å². The summed E-state index contributed by atoms with van der Waals surface area (Å²) >= 11 is 0. The topological polar surface area (TPSA) is 101 Å². The Hall–Kier alpha value is -2.94. The van der Waals surface area contributed by atoms with Gasteiger partial charge in [0.05, 0.1) is 11.2 Å². The van der Waals surface area contributed by atoms with Crippen LogP contribution in [0, 0.1) is 5.92 Å². The molecular formula is C22H28N6O3. The second kappa shape index (κ2) is 8.30. The molecule has 5 rings (SSSR count). The van der Waals surface area contributed by atoms with E-state index in [2.05, 4.69) is 23.0 Å². The molecule has 4 heterocycles. The lowest BCUT2D eigenvalue weighted by Crippen LogP contribution is -2.37. The number of piperidine rings is 1. The molecule has 31 heavy (non-hydrogen) atoms. The van der Waals surface area contributed by atoms with Crippen molar-refractivity contribution in [3.8, 4) is 5.95 Å². The van der Waals surface area contributed by atoms with Gasteiger partial charge in [-0.05, 0) is 55.9 Å². The normalized spacial score (nSPS) is 20.7. The monoisotopic (exact) mass is 424 g/mol. The van der Waals surface area contributed by atoms with Gasteiger partial charge < -0.3 is 19.4 Å². The average Bonchev–Trinajstić information content (AvgIpc) is 3.52. The number of aromatic nitrogens is 4. The molecule has 0 bridgehead atoms. The summed E-state index contributed by atoms with van der Waals surface area (Å²) in [6.07, 6.45) is 2.94. The number of hydrogen-bond donors (Lipinski definition) is 1. The van der Waals surface area contributed by atoms with Crippen molar-refractivity contribution < 1.29 is 14.4 Å². The van der Waals surface area contributed by atoms with Gasteiger partial charge >= 0.3 is 6.09 Å². The minimum atomic E-state index is -0.801. The summed E-state index contributed by atoms with van der Waals surface area (Å²) in [6, 6.07) is 8.13. The van der Waals surface area contributed by atoms with Crippen LogP contribution in [-0.4, -0.2) is 73.6 Å². The largest absolute Gasteiger partial charge is 0.465 e. The summed E-state index contributed by atoms with van der Waals surface area (Å²) in [5.41, 5.74) is 2.03. The molecule has 1 N–H and O–H groups in total. The first-order chi connectivity index (χ1) is 15.1. The van der Waals surface area contributed by atoms with E-state index in [0.29, 0.717) is 30.8 Å². The predicted molar refractivity (Wildman–Crippen MR) is 114 cm³/mol. The van der Waals surface area contributed by atoms with Crippen LogP contribution >= 0.6 is 0 Å². The summed E-state index contributed by atoms with van der Waals surface area (Å²) in [6.45, 7) is 6.31. The van der Waals surface area contributed by atoms with Crippen molar-refractivity contribution in [2.75, 3.05) is 32.7 Å². The van der Waals surface area contributed by atoms with Gasteiger partial charge in [0.15, 0.2) is 0 Å². The molecule has 2 saturated heterocycles. The second-order valence-corrected chi connectivity index (χ2v) is 8.62. The van der Waals surface area contributed by atoms with Gasteiger partial charge in [-0.25, -0.2) is 4.79 Å². The van der Waals surface area contributed by atoms with Crippen LogP contribution in [0.15, 0.2) is 28.8 Å². The number of fused-ring (bicyclic) bond motifs is 1. The minimum Gasteiger partial charge on any atom is -0.465 e. The second-order valence-electron chi connectivity index (χ2n) is 8.62. The van der Waals surface area contributed by atoms with Crippen molar-refractivity contribution >= 4 is 17.0 Å². The molecular weight excluding hydrogens is 396 g/mol. The van der Waals surface area contributed by atoms with E-state index >= 15 is 0 Å². The summed E-state index contributed by atoms with van der Waals surface area (Å²) in [4.78, 5) is 19.8. The van der Waals surface area contributed by atoms with Crippen molar-refractivity contribution in [3.63, 3.8) is 0 Å². The predicted octanol–water partition coefficient (Wildman–Crippen LogP) is 3.15. The van der Waals surface area contributed by atoms with E-state index in [-0.39, 0.29) is 5.92 Å². The molecule has 1 amide bonds. The number of para-hydroxylation sites is 1. The third-order valence-electron chi connectivity index (χ3n) is 6.63. The number of benzene rings is 1. The number of carbonyl (C=O) groups is 1. The van der Waals surface area contributed by atoms with E-state index in [1.807, 2.05) is 18.2 Å². The molecule has 1 aromatic carbocycles. The molecule has 9 heteroatoms. The van der Waals surface area contributed by atoms with Crippen LogP contribution in [0.25, 0.3) is 16.9 Å². The SMILES string of the molecule is CCc1nn(-c2noc(C3CCN(C[C@@H]4CCN(C(=O)O)C4)CC3)n2)c2ccccc12. The molecule has 1 atom stereocenters. The summed E-state index contributed by atoms with van der Waals surface area (Å²) in [5.74, 6) is 1.87. The van der Waals surface area contributed by atoms with Crippen molar-refractivity contribution in [3.05, 3.63) is 35.9 Å². The van der Waals surface area contributed by atoms with Gasteiger partial charge in [-0.2, -0.15) is 14.8 Å². The fourth-order valence-corrected chi connectivity index (χ4v) is 4.91. The molecule has 0 aliphatic carbocycles. The first-order valence-electron chi connectivity index (χ1n) is 11.1. The van der Waals surface area contributed by atoms with E-state index in [9.17, 15) is 4.79 Å². The summed E-state index contributed by atoms with van der Waals surface area (Å²) in [5, 5.41) is 19.2. The average molecular weight is 425 g/mol. The first kappa shape index (κ1) is 20.0. The number of amides is 1. The molecule has 2 aliphatic heterocycles. The van der Waals surface area contributed by atoms with E-state index in [1.54, 1.807) is 4.68 Å². The van der Waals surface area contributed by atoms with Crippen LogP contribution in [0.2, 0.25) is 0 Å². The van der Waals surface area contributed by atoms with E-state index in [1.165, 1.54) is 4.90 Å². The Bertz CT molecular complexity index is 1070. The maximum absolute atomic E-state index is 11.1. The molecule has 164 valence electrons. The zero-order valence-electron chi connectivity index (χ0n) is 17.8. The Morgan fingerprint density at radius 3 is 2.74 bits per heavy atom. The smallest absolute Gasteiger partial charge is 0.407 e. The molecule has 0 radical (unpaired) electrons. The summed E-state index contributed by atoms with van der Waals surface area (Å²) in [7, 11) is 0. The standard InChI is InChI=1S/C22H28N6O3/c1-2-18-17-5-3-4-6-19(17)28(24-18)21-23-20(31-25-21)16-8-10-26(11-9-16)13-15-7-12-27(14-15)22(29)30/h3-6,15-16H,2,7-14H2,1H3,(H,29,30)/t15-/m0/s1. The number of nitrogens with zero attached hydrogens (tertiary/aromatic N) is 6. The Morgan fingerprint density at radius 1 is 1.19 bits per heavy atom. The van der Waals surface area contributed by atoms with Gasteiger partial charge in [0, 0.05) is 30.9 Å². The number of hydrogen-bond acceptors (Lipinski definition) is 6. The third kappa shape index (κ3) is 3.89. The maximum Gasteiger partial charge on any atom is 0.407 e. The fraction of sp³-hybridized carbons (Fsp3) is 0.545. The zero-order valence-corrected chi connectivity index (χ0v) is 17.8. The molecule has 0 unspecified atom stereocenters. The van der Waals surface area contributed by atoms with Gasteiger partial charge in [0.25, 0.3) is 5.95 Å². The van der Waals surface area contributed by atoms with Crippen LogP contribution < -0.4 is 0 Å². The summed E-state index contributed by atoms with van der Waals surface area (Å²) < 4.78 is 7.43. The third-order valence-corrected chi connectivity index (χ3v) is 6.63. The molecule has 0 saturated carbocycles. The van der Waals surface area contributed by atoms with Gasteiger partial charge in [0.1, 0.15) is 0 Å². The number of carboxylic acid groups (broad SMARTS) is 1. The molecule has 2 aliphatic rings. The van der Waals surface area contributed by atoms with E-state index < -0.39 is 6.09 Å². The van der Waals surface area contributed by atoms with E-state index in [0.717, 1.165) is 61.9 Å². The highest BCUT2D eigenvalue weighted by atomic mass is 16.5. The van der Waals surface area contributed by atoms with Crippen LogP contribution in [0.5, 0.6) is 0 Å². The van der Waals surface area contributed by atoms with Gasteiger partial charge in [-0.3, -0.25) is 0 Å². The Labute approximate surface area is 180 Å². The maximum atomic E-state index is 11.1. The highest BCUT2D eigenvalue weighted by molar-refractivity contribution is 5.83. The van der Waals surface area contributed by atoms with Crippen molar-refractivity contribution in [2.45, 2.75) is 38.5 Å². The lowest BCUT2D eigenvalue weighted by atomic mass is 9.95. The molecule has 3 aromatic rings. The molecule has 0 spiro atoms. The molecule has 2 aromatic heterocycles. The lowest BCUT2D eigenvalue weighted by Gasteiger charge is -2.32. The lowest BCUT2D eigenvalue weighted by molar-refractivity contribution is 0.147. The van der Waals surface area contributed by atoms with Crippen molar-refractivity contribution in [2.24, 2.45) is 5.92 Å². The van der Waals surface area contributed by atoms with Crippen LogP contribution in [0.3, 0.4) is 0 Å². The number of rotatable bonds is 5. The van der Waals surface area contributed by atoms with Gasteiger partial charge in [0.2, 0.25) is 5.89 Å². The number of aryl methyl sites for hydroxylation is 1. The number of likely N-dealkylation sites (tertiary alicyclic amines) is 2. The van der Waals surface area contributed by atoms with Gasteiger partial charge in [-0.1, -0.05) is 25.1 Å². The zero-order chi connectivity index (χ0) is 21.4. The highest BCUT2D eigenvalue weighted by Crippen LogP contribution is 2.29. The Balaban J connectivity index is 1.23. The minimum absolute atomic E-state index is 0.254. The van der Waals surface area contributed by atoms with E-state index in [4.69, 9.17) is 19.7 Å². The molecule has 9 nitrogen and oxygen atoms in total. The Kier molecular flexibility index (Phi) is 5.35. The molecule has 2 fully saturated rings. The first-order valence-corrected chi connectivity index (χ1v) is 11.1. The van der Waals surface area contributed by atoms with Crippen LogP contribution in [0.1, 0.15) is 43.7 Å². The quantitative estimate of drug-likeness (QED) is 0.671. The Morgan fingerprint density at radius 2 is 2.00 bits per heavy atom.